The van der Waals surface area contributed by atoms with Crippen LogP contribution in [0.2, 0.25) is 0 Å². The quantitative estimate of drug-likeness (QED) is 0.718. The zero-order valence-corrected chi connectivity index (χ0v) is 16.3. The Bertz CT molecular complexity index is 862. The van der Waals surface area contributed by atoms with Crippen molar-refractivity contribution in [2.45, 2.75) is 25.7 Å². The molecule has 2 aromatic rings. The highest BCUT2D eigenvalue weighted by molar-refractivity contribution is 7.85. The Balaban J connectivity index is 1.81. The van der Waals surface area contributed by atoms with Gasteiger partial charge in [0.05, 0.1) is 19.5 Å². The Labute approximate surface area is 155 Å². The number of hydrogen-bond acceptors (Lipinski definition) is 5. The first-order valence-corrected chi connectivity index (χ1v) is 10.6. The van der Waals surface area contributed by atoms with Gasteiger partial charge in [-0.2, -0.15) is 8.42 Å². The van der Waals surface area contributed by atoms with Crippen LogP contribution in [-0.2, 0) is 20.7 Å². The number of ether oxygens (including phenoxy) is 1. The molecule has 0 fully saturated rings. The summed E-state index contributed by atoms with van der Waals surface area (Å²) in [7, 11) is -1.41. The van der Waals surface area contributed by atoms with Gasteiger partial charge in [-0.05, 0) is 42.2 Å². The molecule has 2 aromatic carbocycles. The molecule has 26 heavy (non-hydrogen) atoms. The minimum absolute atomic E-state index is 0.0247. The Kier molecular flexibility index (Phi) is 5.53. The van der Waals surface area contributed by atoms with Gasteiger partial charge in [0, 0.05) is 30.4 Å². The van der Waals surface area contributed by atoms with Gasteiger partial charge in [-0.1, -0.05) is 25.1 Å². The van der Waals surface area contributed by atoms with Crippen LogP contribution in [0, 0.1) is 0 Å². The van der Waals surface area contributed by atoms with Gasteiger partial charge in [-0.15, -0.1) is 0 Å². The highest BCUT2D eigenvalue weighted by Gasteiger charge is 2.24. The van der Waals surface area contributed by atoms with Crippen LogP contribution in [0.15, 0.2) is 42.5 Å². The Morgan fingerprint density at radius 1 is 1.15 bits per heavy atom. The van der Waals surface area contributed by atoms with Crippen molar-refractivity contribution < 1.29 is 17.3 Å². The normalized spacial score (nSPS) is 16.7. The topological polar surface area (TPSA) is 55.8 Å². The first kappa shape index (κ1) is 18.7. The van der Waals surface area contributed by atoms with Crippen LogP contribution in [0.5, 0.6) is 5.75 Å². The molecule has 1 heterocycles. The van der Waals surface area contributed by atoms with Crippen molar-refractivity contribution in [2.75, 3.05) is 31.4 Å². The predicted octanol–water partition coefficient (Wildman–Crippen LogP) is 3.86. The summed E-state index contributed by atoms with van der Waals surface area (Å²) in [5, 5.41) is 0. The van der Waals surface area contributed by atoms with Crippen molar-refractivity contribution in [3.05, 3.63) is 53.6 Å². The molecule has 1 aliphatic heterocycles. The zero-order valence-electron chi connectivity index (χ0n) is 15.4. The van der Waals surface area contributed by atoms with Crippen LogP contribution in [0.1, 0.15) is 30.4 Å². The second-order valence-corrected chi connectivity index (χ2v) is 8.27. The lowest BCUT2D eigenvalue weighted by atomic mass is 9.93. The number of hydrogen-bond donors (Lipinski definition) is 0. The summed E-state index contributed by atoms with van der Waals surface area (Å²) in [5.41, 5.74) is 4.44. The first-order chi connectivity index (χ1) is 12.4. The third-order valence-corrected chi connectivity index (χ3v) is 5.33. The number of nitrogens with zero attached hydrogens (tertiary/aromatic N) is 1. The summed E-state index contributed by atoms with van der Waals surface area (Å²) >= 11 is 0. The van der Waals surface area contributed by atoms with Crippen molar-refractivity contribution in [1.82, 2.24) is 0 Å². The SMILES string of the molecule is CCc1ccc(N(C)c2ccc3c(c2)OCCC3COS(C)(=O)=O)cc1. The van der Waals surface area contributed by atoms with Gasteiger partial charge in [0.2, 0.25) is 0 Å². The van der Waals surface area contributed by atoms with Gasteiger partial charge in [0.15, 0.2) is 0 Å². The third-order valence-electron chi connectivity index (χ3n) is 4.76. The van der Waals surface area contributed by atoms with Gasteiger partial charge in [-0.3, -0.25) is 4.18 Å². The van der Waals surface area contributed by atoms with E-state index in [4.69, 9.17) is 8.92 Å². The smallest absolute Gasteiger partial charge is 0.264 e. The maximum atomic E-state index is 11.3. The zero-order chi connectivity index (χ0) is 18.7. The summed E-state index contributed by atoms with van der Waals surface area (Å²) in [6.45, 7) is 2.86. The van der Waals surface area contributed by atoms with E-state index in [1.54, 1.807) is 0 Å². The van der Waals surface area contributed by atoms with Crippen molar-refractivity contribution >= 4 is 21.5 Å². The number of anilines is 2. The lowest BCUT2D eigenvalue weighted by molar-refractivity contribution is 0.221. The van der Waals surface area contributed by atoms with Gasteiger partial charge < -0.3 is 9.64 Å². The molecule has 0 aromatic heterocycles. The molecular formula is C20H25NO4S. The van der Waals surface area contributed by atoms with E-state index >= 15 is 0 Å². The van der Waals surface area contributed by atoms with Gasteiger partial charge in [-0.25, -0.2) is 0 Å². The molecule has 1 atom stereocenters. The van der Waals surface area contributed by atoms with E-state index in [-0.39, 0.29) is 12.5 Å². The lowest BCUT2D eigenvalue weighted by Gasteiger charge is -2.28. The fourth-order valence-electron chi connectivity index (χ4n) is 3.14. The van der Waals surface area contributed by atoms with Gasteiger partial charge >= 0.3 is 0 Å². The minimum atomic E-state index is -3.44. The largest absolute Gasteiger partial charge is 0.493 e. The molecule has 0 bridgehead atoms. The molecule has 5 nitrogen and oxygen atoms in total. The van der Waals surface area contributed by atoms with E-state index in [9.17, 15) is 8.42 Å². The molecule has 0 aliphatic carbocycles. The van der Waals surface area contributed by atoms with Gasteiger partial charge in [0.1, 0.15) is 5.75 Å². The molecule has 3 rings (SSSR count). The fourth-order valence-corrected chi connectivity index (χ4v) is 3.56. The highest BCUT2D eigenvalue weighted by atomic mass is 32.2. The first-order valence-electron chi connectivity index (χ1n) is 8.81. The molecule has 6 heteroatoms. The molecule has 0 spiro atoms. The summed E-state index contributed by atoms with van der Waals surface area (Å²) < 4.78 is 33.4. The Morgan fingerprint density at radius 3 is 2.50 bits per heavy atom. The molecule has 1 unspecified atom stereocenters. The maximum Gasteiger partial charge on any atom is 0.264 e. The lowest BCUT2D eigenvalue weighted by Crippen LogP contribution is -2.20. The number of rotatable bonds is 6. The van der Waals surface area contributed by atoms with Crippen molar-refractivity contribution in [2.24, 2.45) is 0 Å². The molecule has 0 N–H and O–H groups in total. The van der Waals surface area contributed by atoms with Crippen molar-refractivity contribution in [1.29, 1.82) is 0 Å². The number of benzene rings is 2. The standard InChI is InChI=1S/C20H25NO4S/c1-4-15-5-7-17(8-6-15)21(2)18-9-10-19-16(14-25-26(3,22)23)11-12-24-20(19)13-18/h5-10,13,16H,4,11-12,14H2,1-3H3. The maximum absolute atomic E-state index is 11.3. The van der Waals surface area contributed by atoms with Crippen LogP contribution >= 0.6 is 0 Å². The Morgan fingerprint density at radius 2 is 1.85 bits per heavy atom. The Hall–Kier alpha value is -2.05. The van der Waals surface area contributed by atoms with E-state index in [0.29, 0.717) is 6.61 Å². The minimum Gasteiger partial charge on any atom is -0.493 e. The average molecular weight is 375 g/mol. The summed E-state index contributed by atoms with van der Waals surface area (Å²) in [6, 6.07) is 14.6. The van der Waals surface area contributed by atoms with E-state index in [2.05, 4.69) is 36.1 Å². The second kappa shape index (κ2) is 7.68. The molecule has 0 amide bonds. The second-order valence-electron chi connectivity index (χ2n) is 6.62. The number of aryl methyl sites for hydroxylation is 1. The van der Waals surface area contributed by atoms with Crippen LogP contribution in [0.4, 0.5) is 11.4 Å². The van der Waals surface area contributed by atoms with Crippen LogP contribution < -0.4 is 9.64 Å². The molecule has 0 saturated heterocycles. The third kappa shape index (κ3) is 4.37. The summed E-state index contributed by atoms with van der Waals surface area (Å²) in [6.07, 6.45) is 2.85. The summed E-state index contributed by atoms with van der Waals surface area (Å²) in [4.78, 5) is 2.11. The van der Waals surface area contributed by atoms with Crippen molar-refractivity contribution in [3.63, 3.8) is 0 Å². The van der Waals surface area contributed by atoms with E-state index in [1.165, 1.54) is 5.56 Å². The molecule has 140 valence electrons. The van der Waals surface area contributed by atoms with Crippen LogP contribution in [-0.4, -0.2) is 34.9 Å². The van der Waals surface area contributed by atoms with Crippen LogP contribution in [0.3, 0.4) is 0 Å². The molecule has 0 saturated carbocycles. The predicted molar refractivity (Wildman–Crippen MR) is 104 cm³/mol. The average Bonchev–Trinajstić information content (AvgIpc) is 2.64. The molecular weight excluding hydrogens is 350 g/mol. The molecule has 1 aliphatic rings. The van der Waals surface area contributed by atoms with Gasteiger partial charge in [0.25, 0.3) is 10.1 Å². The van der Waals surface area contributed by atoms with Crippen molar-refractivity contribution in [3.8, 4) is 5.75 Å². The highest BCUT2D eigenvalue weighted by Crippen LogP contribution is 2.38. The van der Waals surface area contributed by atoms with Crippen LogP contribution in [0.25, 0.3) is 0 Å². The molecule has 0 radical (unpaired) electrons. The monoisotopic (exact) mass is 375 g/mol. The fraction of sp³-hybridized carbons (Fsp3) is 0.400. The summed E-state index contributed by atoms with van der Waals surface area (Å²) in [5.74, 6) is 0.824. The van der Waals surface area contributed by atoms with E-state index < -0.39 is 10.1 Å². The van der Waals surface area contributed by atoms with E-state index in [0.717, 1.165) is 41.8 Å². The van der Waals surface area contributed by atoms with E-state index in [1.807, 2.05) is 25.2 Å². The number of fused-ring (bicyclic) bond motifs is 1.